The second-order valence-electron chi connectivity index (χ2n) is 4.60. The molecule has 2 N–H and O–H groups in total. The van der Waals surface area contributed by atoms with E-state index in [-0.39, 0.29) is 11.8 Å². The van der Waals surface area contributed by atoms with Gasteiger partial charge in [-0.2, -0.15) is 0 Å². The Hall–Kier alpha value is -1.38. The van der Waals surface area contributed by atoms with Crippen LogP contribution in [-0.4, -0.2) is 10.9 Å². The van der Waals surface area contributed by atoms with Crippen LogP contribution in [-0.2, 0) is 4.79 Å². The summed E-state index contributed by atoms with van der Waals surface area (Å²) >= 11 is 0. The highest BCUT2D eigenvalue weighted by Gasteiger charge is 2.25. The van der Waals surface area contributed by atoms with E-state index < -0.39 is 0 Å². The molecular weight excluding hydrogens is 200 g/mol. The van der Waals surface area contributed by atoms with Gasteiger partial charge in [-0.25, -0.2) is 0 Å². The van der Waals surface area contributed by atoms with E-state index in [9.17, 15) is 4.79 Å². The van der Waals surface area contributed by atoms with Gasteiger partial charge in [0, 0.05) is 6.20 Å². The van der Waals surface area contributed by atoms with Crippen molar-refractivity contribution >= 4 is 5.91 Å². The number of rotatable bonds is 4. The van der Waals surface area contributed by atoms with E-state index >= 15 is 0 Å². The van der Waals surface area contributed by atoms with Crippen LogP contribution in [0.1, 0.15) is 43.7 Å². The van der Waals surface area contributed by atoms with E-state index in [0.717, 1.165) is 12.1 Å². The summed E-state index contributed by atoms with van der Waals surface area (Å²) in [5.74, 6) is 0.203. The van der Waals surface area contributed by atoms with Crippen LogP contribution in [0.4, 0.5) is 0 Å². The molecule has 0 aromatic carbocycles. The normalized spacial score (nSPS) is 18.5. The largest absolute Gasteiger partial charge is 0.369 e. The monoisotopic (exact) mass is 218 g/mol. The molecule has 0 bridgehead atoms. The summed E-state index contributed by atoms with van der Waals surface area (Å²) < 4.78 is 0. The summed E-state index contributed by atoms with van der Waals surface area (Å²) in [6.07, 6.45) is 7.64. The number of pyridine rings is 1. The van der Waals surface area contributed by atoms with E-state index in [1.807, 2.05) is 18.2 Å². The van der Waals surface area contributed by atoms with Crippen molar-refractivity contribution in [2.24, 2.45) is 11.7 Å². The highest BCUT2D eigenvalue weighted by Crippen LogP contribution is 2.33. The summed E-state index contributed by atoms with van der Waals surface area (Å²) in [5, 5.41) is 0. The number of nitrogens with two attached hydrogens (primary N) is 1. The molecule has 1 fully saturated rings. The maximum absolute atomic E-state index is 11.5. The smallest absolute Gasteiger partial charge is 0.226 e. The molecule has 3 heteroatoms. The van der Waals surface area contributed by atoms with Gasteiger partial charge in [0.2, 0.25) is 5.91 Å². The van der Waals surface area contributed by atoms with Gasteiger partial charge in [-0.05, 0) is 24.5 Å². The molecule has 1 amide bonds. The molecule has 1 atom stereocenters. The van der Waals surface area contributed by atoms with Crippen LogP contribution in [0.2, 0.25) is 0 Å². The summed E-state index contributed by atoms with van der Waals surface area (Å²) in [6.45, 7) is 0. The molecule has 1 aliphatic carbocycles. The van der Waals surface area contributed by atoms with Crippen molar-refractivity contribution in [1.29, 1.82) is 0 Å². The van der Waals surface area contributed by atoms with Crippen molar-refractivity contribution in [2.75, 3.05) is 0 Å². The minimum absolute atomic E-state index is 0.204. The quantitative estimate of drug-likeness (QED) is 0.842. The Balaban J connectivity index is 2.08. The minimum Gasteiger partial charge on any atom is -0.369 e. The Bertz CT molecular complexity index is 344. The molecular formula is C13H18N2O. The fraction of sp³-hybridized carbons (Fsp3) is 0.538. The van der Waals surface area contributed by atoms with Gasteiger partial charge in [0.1, 0.15) is 0 Å². The zero-order valence-corrected chi connectivity index (χ0v) is 9.43. The summed E-state index contributed by atoms with van der Waals surface area (Å²) in [6, 6.07) is 5.66. The number of amides is 1. The molecule has 0 radical (unpaired) electrons. The molecule has 86 valence electrons. The zero-order valence-electron chi connectivity index (χ0n) is 9.43. The molecule has 0 saturated heterocycles. The molecule has 1 aromatic rings. The average Bonchev–Trinajstić information content (AvgIpc) is 2.79. The highest BCUT2D eigenvalue weighted by molar-refractivity contribution is 5.81. The first-order chi connectivity index (χ1) is 7.77. The van der Waals surface area contributed by atoms with Crippen LogP contribution >= 0.6 is 0 Å². The van der Waals surface area contributed by atoms with Gasteiger partial charge in [-0.3, -0.25) is 9.78 Å². The first-order valence-corrected chi connectivity index (χ1v) is 5.97. The van der Waals surface area contributed by atoms with Gasteiger partial charge < -0.3 is 5.73 Å². The molecule has 3 nitrogen and oxygen atoms in total. The van der Waals surface area contributed by atoms with Crippen LogP contribution in [0.3, 0.4) is 0 Å². The van der Waals surface area contributed by atoms with Crippen LogP contribution in [0.25, 0.3) is 0 Å². The second kappa shape index (κ2) is 5.10. The van der Waals surface area contributed by atoms with E-state index in [2.05, 4.69) is 4.98 Å². The lowest BCUT2D eigenvalue weighted by Crippen LogP contribution is -2.24. The number of primary amides is 1. The SMILES string of the molecule is NC(=O)C(CC1CCCC1)c1ccccn1. The van der Waals surface area contributed by atoms with Crippen LogP contribution in [0.15, 0.2) is 24.4 Å². The van der Waals surface area contributed by atoms with Crippen molar-refractivity contribution in [3.05, 3.63) is 30.1 Å². The maximum Gasteiger partial charge on any atom is 0.226 e. The zero-order chi connectivity index (χ0) is 11.4. The molecule has 1 aromatic heterocycles. The van der Waals surface area contributed by atoms with Crippen LogP contribution in [0, 0.1) is 5.92 Å². The maximum atomic E-state index is 11.5. The fourth-order valence-electron chi connectivity index (χ4n) is 2.54. The van der Waals surface area contributed by atoms with Crippen LogP contribution < -0.4 is 5.73 Å². The Morgan fingerprint density at radius 1 is 1.44 bits per heavy atom. The Morgan fingerprint density at radius 2 is 2.19 bits per heavy atom. The molecule has 1 heterocycles. The lowest BCUT2D eigenvalue weighted by molar-refractivity contribution is -0.119. The number of hydrogen-bond donors (Lipinski definition) is 1. The topological polar surface area (TPSA) is 56.0 Å². The van der Waals surface area contributed by atoms with Crippen molar-refractivity contribution in [1.82, 2.24) is 4.98 Å². The van der Waals surface area contributed by atoms with Crippen LogP contribution in [0.5, 0.6) is 0 Å². The summed E-state index contributed by atoms with van der Waals surface area (Å²) in [5.41, 5.74) is 6.29. The van der Waals surface area contributed by atoms with Gasteiger partial charge >= 0.3 is 0 Å². The number of nitrogens with zero attached hydrogens (tertiary/aromatic N) is 1. The number of aromatic nitrogens is 1. The van der Waals surface area contributed by atoms with E-state index in [0.29, 0.717) is 5.92 Å². The van der Waals surface area contributed by atoms with Crippen molar-refractivity contribution in [2.45, 2.75) is 38.0 Å². The van der Waals surface area contributed by atoms with E-state index in [4.69, 9.17) is 5.73 Å². The number of carbonyl (C=O) groups excluding carboxylic acids is 1. The minimum atomic E-state index is -0.245. The van der Waals surface area contributed by atoms with Crippen molar-refractivity contribution < 1.29 is 4.79 Å². The van der Waals surface area contributed by atoms with Gasteiger partial charge in [0.05, 0.1) is 11.6 Å². The standard InChI is InChI=1S/C13H18N2O/c14-13(16)11(9-10-5-1-2-6-10)12-7-3-4-8-15-12/h3-4,7-8,10-11H,1-2,5-6,9H2,(H2,14,16). The summed E-state index contributed by atoms with van der Waals surface area (Å²) in [7, 11) is 0. The third kappa shape index (κ3) is 2.60. The van der Waals surface area contributed by atoms with E-state index in [1.54, 1.807) is 6.20 Å². The van der Waals surface area contributed by atoms with Gasteiger partial charge in [0.25, 0.3) is 0 Å². The molecule has 0 spiro atoms. The third-order valence-corrected chi connectivity index (χ3v) is 3.43. The fourth-order valence-corrected chi connectivity index (χ4v) is 2.54. The Morgan fingerprint density at radius 3 is 2.75 bits per heavy atom. The first-order valence-electron chi connectivity index (χ1n) is 5.97. The predicted molar refractivity (Wildman–Crippen MR) is 62.7 cm³/mol. The molecule has 2 rings (SSSR count). The molecule has 1 saturated carbocycles. The van der Waals surface area contributed by atoms with Gasteiger partial charge in [-0.15, -0.1) is 0 Å². The molecule has 0 aliphatic heterocycles. The Labute approximate surface area is 96.1 Å². The third-order valence-electron chi connectivity index (χ3n) is 3.43. The average molecular weight is 218 g/mol. The van der Waals surface area contributed by atoms with Gasteiger partial charge in [0.15, 0.2) is 0 Å². The molecule has 1 aliphatic rings. The lowest BCUT2D eigenvalue weighted by atomic mass is 9.90. The second-order valence-corrected chi connectivity index (χ2v) is 4.60. The van der Waals surface area contributed by atoms with Gasteiger partial charge in [-0.1, -0.05) is 31.7 Å². The molecule has 1 unspecified atom stereocenters. The number of hydrogen-bond acceptors (Lipinski definition) is 2. The van der Waals surface area contributed by atoms with Crippen molar-refractivity contribution in [3.8, 4) is 0 Å². The lowest BCUT2D eigenvalue weighted by Gasteiger charge is -2.16. The first kappa shape index (κ1) is 11.1. The van der Waals surface area contributed by atoms with Crippen molar-refractivity contribution in [3.63, 3.8) is 0 Å². The Kier molecular flexibility index (Phi) is 3.54. The molecule has 16 heavy (non-hydrogen) atoms. The summed E-state index contributed by atoms with van der Waals surface area (Å²) in [4.78, 5) is 15.7. The van der Waals surface area contributed by atoms with E-state index in [1.165, 1.54) is 25.7 Å². The predicted octanol–water partition coefficient (Wildman–Crippen LogP) is 2.23. The number of carbonyl (C=O) groups is 1. The highest BCUT2D eigenvalue weighted by atomic mass is 16.1.